The summed E-state index contributed by atoms with van der Waals surface area (Å²) in [5.74, 6) is 0.251. The Balaban J connectivity index is 1.36. The largest absolute Gasteiger partial charge is 0.462 e. The van der Waals surface area contributed by atoms with Crippen molar-refractivity contribution in [3.8, 4) is 17.1 Å². The van der Waals surface area contributed by atoms with Crippen LogP contribution in [0.1, 0.15) is 25.7 Å². The van der Waals surface area contributed by atoms with Crippen LogP contribution in [-0.2, 0) is 0 Å². The lowest BCUT2D eigenvalue weighted by molar-refractivity contribution is 0.188. The lowest BCUT2D eigenvalue weighted by Gasteiger charge is -2.34. The average molecular weight is 521 g/mol. The molecule has 2 N–H and O–H groups in total. The fourth-order valence-corrected chi connectivity index (χ4v) is 6.62. The second-order valence-corrected chi connectivity index (χ2v) is 11.1. The molecule has 3 fully saturated rings. The molecule has 0 spiro atoms. The van der Waals surface area contributed by atoms with Gasteiger partial charge in [0.15, 0.2) is 5.82 Å². The molecule has 3 aliphatic heterocycles. The summed E-state index contributed by atoms with van der Waals surface area (Å²) >= 11 is 6.81. The van der Waals surface area contributed by atoms with E-state index in [9.17, 15) is 0 Å². The summed E-state index contributed by atoms with van der Waals surface area (Å²) in [4.78, 5) is 17.2. The average Bonchev–Trinajstić information content (AvgIpc) is 3.61. The van der Waals surface area contributed by atoms with Gasteiger partial charge in [-0.25, -0.2) is 4.39 Å². The molecule has 0 amide bonds. The monoisotopic (exact) mass is 520 g/mol. The van der Waals surface area contributed by atoms with Crippen LogP contribution in [0.25, 0.3) is 32.9 Å². The number of nitrogens with zero attached hydrogens (tertiary/aromatic N) is 4. The van der Waals surface area contributed by atoms with Gasteiger partial charge in [0.1, 0.15) is 17.9 Å². The molecule has 0 saturated carbocycles. The predicted octanol–water partition coefficient (Wildman–Crippen LogP) is 4.98. The Kier molecular flexibility index (Phi) is 5.71. The molecule has 2 bridgehead atoms. The first-order valence-corrected chi connectivity index (χ1v) is 13.5. The molecule has 5 heterocycles. The first kappa shape index (κ1) is 23.2. The van der Waals surface area contributed by atoms with E-state index in [2.05, 4.69) is 32.1 Å². The smallest absolute Gasteiger partial charge is 0.319 e. The lowest BCUT2D eigenvalue weighted by atomic mass is 10.0. The molecule has 192 valence electrons. The third-order valence-electron chi connectivity index (χ3n) is 8.29. The van der Waals surface area contributed by atoms with Crippen molar-refractivity contribution in [1.82, 2.24) is 25.2 Å². The molecule has 9 heteroatoms. The number of halogens is 2. The van der Waals surface area contributed by atoms with E-state index in [1.54, 1.807) is 0 Å². The van der Waals surface area contributed by atoms with Crippen LogP contribution < -0.4 is 15.0 Å². The van der Waals surface area contributed by atoms with Crippen molar-refractivity contribution >= 4 is 39.2 Å². The van der Waals surface area contributed by atoms with Crippen LogP contribution in [0.15, 0.2) is 36.5 Å². The third kappa shape index (κ3) is 4.02. The molecule has 2 aromatic carbocycles. The molecule has 7 rings (SSSR count). The first-order chi connectivity index (χ1) is 18.0. The van der Waals surface area contributed by atoms with Crippen LogP contribution in [0.2, 0.25) is 5.02 Å². The summed E-state index contributed by atoms with van der Waals surface area (Å²) in [7, 11) is 2.11. The summed E-state index contributed by atoms with van der Waals surface area (Å²) in [5, 5.41) is 5.54. The summed E-state index contributed by atoms with van der Waals surface area (Å²) in [6, 6.07) is 11.0. The molecule has 0 aliphatic carbocycles. The second-order valence-electron chi connectivity index (χ2n) is 10.7. The highest BCUT2D eigenvalue weighted by molar-refractivity contribution is 6.35. The number of H-pyrrole nitrogens is 1. The Bertz CT molecular complexity index is 1480. The molecule has 0 radical (unpaired) electrons. The van der Waals surface area contributed by atoms with Crippen molar-refractivity contribution in [3.63, 3.8) is 0 Å². The van der Waals surface area contributed by atoms with E-state index in [4.69, 9.17) is 21.3 Å². The number of aromatic nitrogens is 3. The normalized spacial score (nSPS) is 24.0. The maximum Gasteiger partial charge on any atom is 0.319 e. The van der Waals surface area contributed by atoms with Gasteiger partial charge in [-0.05, 0) is 51.4 Å². The SMILES string of the molecule is CN1CCC[C@H]1COc1nc(N2C[C@H]3CC[C@@H](C2)N3)c2cc(Cl)c(-c3c[nH]c4ccccc34)c(F)c2n1. The number of fused-ring (bicyclic) bond motifs is 4. The van der Waals surface area contributed by atoms with Gasteiger partial charge in [-0.3, -0.25) is 0 Å². The van der Waals surface area contributed by atoms with E-state index < -0.39 is 5.82 Å². The molecule has 7 nitrogen and oxygen atoms in total. The standard InChI is InChI=1S/C28H30ClFN6O/c1-35-10-4-5-18(35)15-37-28-33-26-20(27(34-28)36-13-16-8-9-17(14-36)32-16)11-22(29)24(25(26)30)21-12-31-23-7-3-2-6-19(21)23/h2-3,6-7,11-12,16-18,31-32H,4-5,8-10,13-15H2,1H3/t16-,17+,18-/m0/s1. The number of para-hydroxylation sites is 1. The minimum absolute atomic E-state index is 0.222. The molecule has 0 unspecified atom stereocenters. The molecular formula is C28H30ClFN6O. The summed E-state index contributed by atoms with van der Waals surface area (Å²) in [6.45, 7) is 3.18. The number of hydrogen-bond acceptors (Lipinski definition) is 6. The minimum Gasteiger partial charge on any atom is -0.462 e. The van der Waals surface area contributed by atoms with Gasteiger partial charge in [0, 0.05) is 64.8 Å². The molecule has 3 saturated heterocycles. The topological polar surface area (TPSA) is 69.3 Å². The Morgan fingerprint density at radius 3 is 2.70 bits per heavy atom. The molecule has 37 heavy (non-hydrogen) atoms. The zero-order valence-corrected chi connectivity index (χ0v) is 21.6. The van der Waals surface area contributed by atoms with Gasteiger partial charge in [0.05, 0.1) is 5.02 Å². The van der Waals surface area contributed by atoms with Crippen molar-refractivity contribution in [1.29, 1.82) is 0 Å². The Labute approximate surface area is 220 Å². The highest BCUT2D eigenvalue weighted by Crippen LogP contribution is 2.41. The van der Waals surface area contributed by atoms with E-state index in [0.29, 0.717) is 46.5 Å². The number of benzene rings is 2. The van der Waals surface area contributed by atoms with E-state index >= 15 is 4.39 Å². The molecular weight excluding hydrogens is 491 g/mol. The second kappa shape index (κ2) is 9.11. The van der Waals surface area contributed by atoms with Crippen LogP contribution in [0.5, 0.6) is 6.01 Å². The van der Waals surface area contributed by atoms with E-state index in [1.807, 2.05) is 36.5 Å². The van der Waals surface area contributed by atoms with E-state index in [-0.39, 0.29) is 11.5 Å². The molecule has 3 atom stereocenters. The Morgan fingerprint density at radius 1 is 1.11 bits per heavy atom. The van der Waals surface area contributed by atoms with Crippen molar-refractivity contribution in [2.24, 2.45) is 0 Å². The van der Waals surface area contributed by atoms with Crippen LogP contribution in [0.3, 0.4) is 0 Å². The number of anilines is 1. The van der Waals surface area contributed by atoms with Crippen molar-refractivity contribution < 1.29 is 9.13 Å². The van der Waals surface area contributed by atoms with Gasteiger partial charge in [-0.1, -0.05) is 29.8 Å². The summed E-state index contributed by atoms with van der Waals surface area (Å²) in [5.41, 5.74) is 2.24. The highest BCUT2D eigenvalue weighted by Gasteiger charge is 2.34. The van der Waals surface area contributed by atoms with Gasteiger partial charge in [0.25, 0.3) is 0 Å². The van der Waals surface area contributed by atoms with Crippen LogP contribution >= 0.6 is 11.6 Å². The fourth-order valence-electron chi connectivity index (χ4n) is 6.32. The van der Waals surface area contributed by atoms with Crippen LogP contribution in [0.4, 0.5) is 10.2 Å². The van der Waals surface area contributed by atoms with Gasteiger partial charge in [0.2, 0.25) is 0 Å². The quantitative estimate of drug-likeness (QED) is 0.386. The summed E-state index contributed by atoms with van der Waals surface area (Å²) in [6.07, 6.45) is 6.32. The van der Waals surface area contributed by atoms with Crippen molar-refractivity contribution in [3.05, 3.63) is 47.4 Å². The Hall–Kier alpha value is -2.94. The number of nitrogens with one attached hydrogen (secondary N) is 2. The van der Waals surface area contributed by atoms with E-state index in [1.165, 1.54) is 0 Å². The van der Waals surface area contributed by atoms with Crippen molar-refractivity contribution in [2.45, 2.75) is 43.8 Å². The maximum absolute atomic E-state index is 16.4. The maximum atomic E-state index is 16.4. The zero-order valence-electron chi connectivity index (χ0n) is 20.8. The number of piperazine rings is 1. The van der Waals surface area contributed by atoms with Gasteiger partial charge < -0.3 is 24.8 Å². The number of rotatable bonds is 5. The summed E-state index contributed by atoms with van der Waals surface area (Å²) < 4.78 is 22.6. The fraction of sp³-hybridized carbons (Fsp3) is 0.429. The molecule has 4 aromatic rings. The first-order valence-electron chi connectivity index (χ1n) is 13.2. The predicted molar refractivity (Wildman–Crippen MR) is 145 cm³/mol. The Morgan fingerprint density at radius 2 is 1.92 bits per heavy atom. The van der Waals surface area contributed by atoms with Crippen molar-refractivity contribution in [2.75, 3.05) is 38.2 Å². The number of hydrogen-bond donors (Lipinski definition) is 2. The zero-order chi connectivity index (χ0) is 25.1. The lowest BCUT2D eigenvalue weighted by Crippen LogP contribution is -2.51. The molecule has 3 aliphatic rings. The number of ether oxygens (including phenoxy) is 1. The van der Waals surface area contributed by atoms with Crippen LogP contribution in [-0.4, -0.2) is 71.3 Å². The number of likely N-dealkylation sites (N-methyl/N-ethyl adjacent to an activating group) is 1. The minimum atomic E-state index is -0.447. The van der Waals surface area contributed by atoms with Crippen LogP contribution in [0, 0.1) is 5.82 Å². The third-order valence-corrected chi connectivity index (χ3v) is 8.59. The van der Waals surface area contributed by atoms with Gasteiger partial charge >= 0.3 is 6.01 Å². The number of likely N-dealkylation sites (tertiary alicyclic amines) is 1. The molecule has 2 aromatic heterocycles. The van der Waals surface area contributed by atoms with E-state index in [0.717, 1.165) is 61.8 Å². The number of aromatic amines is 1. The van der Waals surface area contributed by atoms with Gasteiger partial charge in [-0.15, -0.1) is 0 Å². The highest BCUT2D eigenvalue weighted by atomic mass is 35.5. The van der Waals surface area contributed by atoms with Gasteiger partial charge in [-0.2, -0.15) is 9.97 Å².